The van der Waals surface area contributed by atoms with Gasteiger partial charge in [0.25, 0.3) is 0 Å². The first-order chi connectivity index (χ1) is 8.65. The third-order valence-corrected chi connectivity index (χ3v) is 3.63. The molecule has 0 spiro atoms. The lowest BCUT2D eigenvalue weighted by Crippen LogP contribution is -2.34. The van der Waals surface area contributed by atoms with E-state index in [1.165, 1.54) is 17.8 Å². The summed E-state index contributed by atoms with van der Waals surface area (Å²) in [6.45, 7) is -1.62. The molecule has 0 aliphatic rings. The highest BCUT2D eigenvalue weighted by molar-refractivity contribution is 7.89. The van der Waals surface area contributed by atoms with Crippen molar-refractivity contribution < 1.29 is 26.0 Å². The number of halogens is 4. The monoisotopic (exact) mass is 300 g/mol. The van der Waals surface area contributed by atoms with Crippen molar-refractivity contribution in [3.8, 4) is 0 Å². The summed E-state index contributed by atoms with van der Waals surface area (Å²) >= 11 is 0. The minimum absolute atomic E-state index is 0.0859. The molecule has 0 aliphatic heterocycles. The van der Waals surface area contributed by atoms with Crippen molar-refractivity contribution in [2.45, 2.75) is 17.6 Å². The molecular weight excluding hydrogens is 288 g/mol. The highest BCUT2D eigenvalue weighted by atomic mass is 32.2. The third kappa shape index (κ3) is 4.77. The first kappa shape index (κ1) is 15.9. The molecule has 1 rings (SSSR count). The Hall–Kier alpha value is -1.19. The number of sulfonamides is 1. The summed E-state index contributed by atoms with van der Waals surface area (Å²) in [5.41, 5.74) is 0.179. The fraction of sp³-hybridized carbons (Fsp3) is 0.400. The summed E-state index contributed by atoms with van der Waals surface area (Å²) in [5.74, 6) is -0.841. The molecule has 0 aromatic heterocycles. The molecule has 0 aliphatic carbocycles. The number of hydrogen-bond acceptors (Lipinski definition) is 3. The fourth-order valence-electron chi connectivity index (χ4n) is 1.37. The lowest BCUT2D eigenvalue weighted by atomic mass is 10.2. The smallest absolute Gasteiger partial charge is 0.316 e. The summed E-state index contributed by atoms with van der Waals surface area (Å²) in [4.78, 5) is -0.508. The maximum Gasteiger partial charge on any atom is 0.402 e. The van der Waals surface area contributed by atoms with E-state index in [2.05, 4.69) is 5.32 Å². The second-order valence-electron chi connectivity index (χ2n) is 3.72. The third-order valence-electron chi connectivity index (χ3n) is 2.15. The predicted octanol–water partition coefficient (Wildman–Crippen LogP) is 1.39. The van der Waals surface area contributed by atoms with Gasteiger partial charge in [-0.15, -0.1) is 0 Å². The Kier molecular flexibility index (Phi) is 4.88. The zero-order chi connectivity index (χ0) is 14.7. The lowest BCUT2D eigenvalue weighted by molar-refractivity contribution is -0.121. The molecule has 0 amide bonds. The topological polar surface area (TPSA) is 58.2 Å². The number of alkyl halides is 3. The highest BCUT2D eigenvalue weighted by Crippen LogP contribution is 2.19. The van der Waals surface area contributed by atoms with Crippen LogP contribution in [0.15, 0.2) is 23.1 Å². The number of rotatable bonds is 5. The standard InChI is InChI=1S/C10H12F4N2O2S/c1-15-5-7-2-3-8(11)4-9(7)19(17,18)16-6-10(12,13)14/h2-4,15-16H,5-6H2,1H3. The molecule has 0 bridgehead atoms. The molecule has 2 N–H and O–H groups in total. The van der Waals surface area contributed by atoms with E-state index in [1.54, 1.807) is 0 Å². The molecule has 0 saturated heterocycles. The zero-order valence-electron chi connectivity index (χ0n) is 9.88. The largest absolute Gasteiger partial charge is 0.402 e. The summed E-state index contributed by atoms with van der Waals surface area (Å²) in [6, 6.07) is 2.93. The normalized spacial score (nSPS) is 12.7. The molecule has 0 unspecified atom stereocenters. The van der Waals surface area contributed by atoms with Crippen LogP contribution in [0.25, 0.3) is 0 Å². The van der Waals surface area contributed by atoms with E-state index in [-0.39, 0.29) is 12.1 Å². The Morgan fingerprint density at radius 1 is 1.26 bits per heavy atom. The summed E-state index contributed by atoms with van der Waals surface area (Å²) < 4.78 is 73.9. The van der Waals surface area contributed by atoms with Gasteiger partial charge in [0, 0.05) is 6.54 Å². The van der Waals surface area contributed by atoms with Gasteiger partial charge in [-0.25, -0.2) is 17.5 Å². The van der Waals surface area contributed by atoms with Gasteiger partial charge in [0.05, 0.1) is 4.90 Å². The molecule has 108 valence electrons. The summed E-state index contributed by atoms with van der Waals surface area (Å²) in [5, 5.41) is 2.65. The minimum atomic E-state index is -4.68. The van der Waals surface area contributed by atoms with Crippen LogP contribution < -0.4 is 10.0 Å². The zero-order valence-corrected chi connectivity index (χ0v) is 10.7. The average molecular weight is 300 g/mol. The second kappa shape index (κ2) is 5.85. The second-order valence-corrected chi connectivity index (χ2v) is 5.46. The van der Waals surface area contributed by atoms with Crippen LogP contribution in [0.3, 0.4) is 0 Å². The highest BCUT2D eigenvalue weighted by Gasteiger charge is 2.30. The van der Waals surface area contributed by atoms with E-state index in [9.17, 15) is 26.0 Å². The van der Waals surface area contributed by atoms with Gasteiger partial charge in [0.1, 0.15) is 12.4 Å². The van der Waals surface area contributed by atoms with Gasteiger partial charge >= 0.3 is 6.18 Å². The van der Waals surface area contributed by atoms with E-state index >= 15 is 0 Å². The molecule has 0 heterocycles. The van der Waals surface area contributed by atoms with Gasteiger partial charge in [0.15, 0.2) is 0 Å². The first-order valence-electron chi connectivity index (χ1n) is 5.15. The van der Waals surface area contributed by atoms with Crippen molar-refractivity contribution in [3.63, 3.8) is 0 Å². The van der Waals surface area contributed by atoms with Crippen molar-refractivity contribution in [2.75, 3.05) is 13.6 Å². The Bertz CT molecular complexity index is 543. The van der Waals surface area contributed by atoms with Crippen LogP contribution in [0.1, 0.15) is 5.56 Å². The molecule has 0 fully saturated rings. The van der Waals surface area contributed by atoms with Gasteiger partial charge < -0.3 is 5.32 Å². The maximum atomic E-state index is 13.1. The quantitative estimate of drug-likeness (QED) is 0.808. The van der Waals surface area contributed by atoms with E-state index in [1.807, 2.05) is 0 Å². The molecule has 1 aromatic carbocycles. The molecule has 19 heavy (non-hydrogen) atoms. The van der Waals surface area contributed by atoms with Crippen LogP contribution in [0.2, 0.25) is 0 Å². The van der Waals surface area contributed by atoms with Crippen LogP contribution >= 0.6 is 0 Å². The van der Waals surface area contributed by atoms with Crippen LogP contribution in [-0.4, -0.2) is 28.2 Å². The van der Waals surface area contributed by atoms with Crippen molar-refractivity contribution in [3.05, 3.63) is 29.6 Å². The molecular formula is C10H12F4N2O2S. The van der Waals surface area contributed by atoms with E-state index < -0.39 is 33.5 Å². The molecule has 9 heteroatoms. The van der Waals surface area contributed by atoms with Gasteiger partial charge in [-0.05, 0) is 24.7 Å². The number of benzene rings is 1. The fourth-order valence-corrected chi connectivity index (χ4v) is 2.63. The molecule has 1 aromatic rings. The van der Waals surface area contributed by atoms with E-state index in [0.717, 1.165) is 6.07 Å². The van der Waals surface area contributed by atoms with E-state index in [0.29, 0.717) is 6.07 Å². The first-order valence-corrected chi connectivity index (χ1v) is 6.63. The van der Waals surface area contributed by atoms with Crippen molar-refractivity contribution >= 4 is 10.0 Å². The van der Waals surface area contributed by atoms with Crippen LogP contribution in [0, 0.1) is 5.82 Å². The Labute approximate surface area is 107 Å². The lowest BCUT2D eigenvalue weighted by Gasteiger charge is -2.12. The van der Waals surface area contributed by atoms with Crippen molar-refractivity contribution in [1.29, 1.82) is 0 Å². The van der Waals surface area contributed by atoms with Gasteiger partial charge in [0.2, 0.25) is 10.0 Å². The van der Waals surface area contributed by atoms with Crippen LogP contribution in [0.5, 0.6) is 0 Å². The van der Waals surface area contributed by atoms with Gasteiger partial charge in [-0.1, -0.05) is 6.07 Å². The molecule has 0 saturated carbocycles. The SMILES string of the molecule is CNCc1ccc(F)cc1S(=O)(=O)NCC(F)(F)F. The molecule has 4 nitrogen and oxygen atoms in total. The van der Waals surface area contributed by atoms with Crippen molar-refractivity contribution in [1.82, 2.24) is 10.0 Å². The van der Waals surface area contributed by atoms with E-state index in [4.69, 9.17) is 0 Å². The Morgan fingerprint density at radius 3 is 2.42 bits per heavy atom. The number of nitrogens with one attached hydrogen (secondary N) is 2. The maximum absolute atomic E-state index is 13.1. The molecule has 0 radical (unpaired) electrons. The summed E-state index contributed by atoms with van der Waals surface area (Å²) in [6.07, 6.45) is -4.68. The van der Waals surface area contributed by atoms with Gasteiger partial charge in [-0.2, -0.15) is 13.2 Å². The van der Waals surface area contributed by atoms with Crippen molar-refractivity contribution in [2.24, 2.45) is 0 Å². The Balaban J connectivity index is 3.09. The minimum Gasteiger partial charge on any atom is -0.316 e. The van der Waals surface area contributed by atoms with Gasteiger partial charge in [-0.3, -0.25) is 0 Å². The van der Waals surface area contributed by atoms with Crippen LogP contribution in [-0.2, 0) is 16.6 Å². The molecule has 0 atom stereocenters. The Morgan fingerprint density at radius 2 is 1.89 bits per heavy atom. The number of hydrogen-bond donors (Lipinski definition) is 2. The van der Waals surface area contributed by atoms with Crippen LogP contribution in [0.4, 0.5) is 17.6 Å². The predicted molar refractivity (Wildman–Crippen MR) is 60.4 cm³/mol. The average Bonchev–Trinajstić information content (AvgIpc) is 2.28. The summed E-state index contributed by atoms with van der Waals surface area (Å²) in [7, 11) is -2.89.